The van der Waals surface area contributed by atoms with Crippen LogP contribution in [0.4, 0.5) is 13.2 Å². The average molecular weight is 401 g/mol. The van der Waals surface area contributed by atoms with E-state index in [-0.39, 0.29) is 18.7 Å². The topological polar surface area (TPSA) is 54.8 Å². The molecule has 3 aliphatic rings. The number of rotatable bonds is 0. The number of alkyl halides is 3. The van der Waals surface area contributed by atoms with E-state index in [0.717, 1.165) is 32.0 Å². The monoisotopic (exact) mass is 401 g/mol. The van der Waals surface area contributed by atoms with Gasteiger partial charge in [0.1, 0.15) is 22.7 Å². The molecule has 1 aromatic heterocycles. The zero-order valence-corrected chi connectivity index (χ0v) is 15.5. The number of amides is 1. The van der Waals surface area contributed by atoms with Crippen molar-refractivity contribution >= 4 is 11.7 Å². The highest BCUT2D eigenvalue weighted by Crippen LogP contribution is 2.48. The molecule has 2 aromatic rings. The van der Waals surface area contributed by atoms with Crippen LogP contribution in [0.3, 0.4) is 0 Å². The Morgan fingerprint density at radius 1 is 1.07 bits per heavy atom. The van der Waals surface area contributed by atoms with Gasteiger partial charge in [-0.15, -0.1) is 0 Å². The Balaban J connectivity index is 1.79. The maximum absolute atomic E-state index is 13.5. The number of amidine groups is 1. The van der Waals surface area contributed by atoms with Crippen molar-refractivity contribution in [3.63, 3.8) is 0 Å². The minimum absolute atomic E-state index is 0.130. The van der Waals surface area contributed by atoms with Crippen LogP contribution >= 0.6 is 0 Å². The molecule has 0 aliphatic carbocycles. The molecule has 3 aliphatic heterocycles. The molecule has 0 N–H and O–H groups in total. The first-order valence-corrected chi connectivity index (χ1v) is 9.61. The van der Waals surface area contributed by atoms with Crippen molar-refractivity contribution in [1.82, 2.24) is 9.88 Å². The van der Waals surface area contributed by atoms with Crippen molar-refractivity contribution in [2.45, 2.75) is 30.9 Å². The van der Waals surface area contributed by atoms with Gasteiger partial charge in [-0.3, -0.25) is 4.79 Å². The third kappa shape index (κ3) is 2.65. The van der Waals surface area contributed by atoms with Gasteiger partial charge >= 0.3 is 6.18 Å². The number of fused-ring (bicyclic) bond motifs is 4. The zero-order chi connectivity index (χ0) is 20.2. The van der Waals surface area contributed by atoms with Gasteiger partial charge in [-0.1, -0.05) is 18.2 Å². The van der Waals surface area contributed by atoms with Crippen molar-refractivity contribution in [2.24, 2.45) is 4.99 Å². The Morgan fingerprint density at radius 2 is 1.83 bits per heavy atom. The van der Waals surface area contributed by atoms with Crippen LogP contribution in [0.25, 0.3) is 0 Å². The molecule has 0 unspecified atom stereocenters. The summed E-state index contributed by atoms with van der Waals surface area (Å²) in [6, 6.07) is 9.33. The summed E-state index contributed by atoms with van der Waals surface area (Å²) in [5.41, 5.74) is -1.22. The molecule has 0 saturated carbocycles. The molecule has 29 heavy (non-hydrogen) atoms. The molecule has 1 atom stereocenters. The van der Waals surface area contributed by atoms with Crippen molar-refractivity contribution in [2.75, 3.05) is 19.7 Å². The molecule has 0 radical (unpaired) electrons. The molecule has 0 bridgehead atoms. The van der Waals surface area contributed by atoms with Gasteiger partial charge in [0.25, 0.3) is 5.91 Å². The number of hydrogen-bond acceptors (Lipinski definition) is 4. The molecule has 150 valence electrons. The molecule has 1 fully saturated rings. The van der Waals surface area contributed by atoms with Crippen LogP contribution in [0.2, 0.25) is 0 Å². The minimum Gasteiger partial charge on any atom is -0.493 e. The lowest BCUT2D eigenvalue weighted by molar-refractivity contribution is -0.141. The quantitative estimate of drug-likeness (QED) is 0.678. The van der Waals surface area contributed by atoms with Crippen LogP contribution in [0.1, 0.15) is 41.8 Å². The Kier molecular flexibility index (Phi) is 3.94. The second-order valence-electron chi connectivity index (χ2n) is 7.53. The predicted molar refractivity (Wildman–Crippen MR) is 98.9 cm³/mol. The lowest BCUT2D eigenvalue weighted by Gasteiger charge is -2.40. The molecule has 5 rings (SSSR count). The first-order chi connectivity index (χ1) is 13.9. The Morgan fingerprint density at radius 3 is 2.59 bits per heavy atom. The van der Waals surface area contributed by atoms with Crippen LogP contribution in [0.5, 0.6) is 5.75 Å². The number of halogens is 3. The number of para-hydroxylation sites is 1. The van der Waals surface area contributed by atoms with E-state index in [1.807, 2.05) is 4.90 Å². The maximum atomic E-state index is 13.5. The largest absolute Gasteiger partial charge is 0.493 e. The number of likely N-dealkylation sites (tertiary alicyclic amines) is 1. The highest BCUT2D eigenvalue weighted by atomic mass is 19.4. The highest BCUT2D eigenvalue weighted by Gasteiger charge is 2.52. The van der Waals surface area contributed by atoms with E-state index in [1.165, 1.54) is 6.07 Å². The Hall–Kier alpha value is -2.90. The fraction of sp³-hybridized carbons (Fsp3) is 0.381. The normalized spacial score (nSPS) is 23.5. The van der Waals surface area contributed by atoms with Gasteiger partial charge in [-0.2, -0.15) is 18.2 Å². The van der Waals surface area contributed by atoms with Crippen LogP contribution in [0, 0.1) is 0 Å². The van der Waals surface area contributed by atoms with Crippen molar-refractivity contribution in [3.05, 3.63) is 58.9 Å². The van der Waals surface area contributed by atoms with Gasteiger partial charge in [0.15, 0.2) is 0 Å². The molecule has 8 heteroatoms. The number of aliphatic imine (C=N–C) groups is 1. The lowest BCUT2D eigenvalue weighted by Crippen LogP contribution is -2.48. The number of ether oxygens (including phenoxy) is 1. The molecule has 1 saturated heterocycles. The summed E-state index contributed by atoms with van der Waals surface area (Å²) in [4.78, 5) is 23.8. The third-order valence-electron chi connectivity index (χ3n) is 5.89. The molecule has 1 aromatic carbocycles. The van der Waals surface area contributed by atoms with E-state index in [2.05, 4.69) is 9.98 Å². The van der Waals surface area contributed by atoms with Crippen LogP contribution < -0.4 is 4.74 Å². The summed E-state index contributed by atoms with van der Waals surface area (Å²) in [6.07, 6.45) is -2.50. The summed E-state index contributed by atoms with van der Waals surface area (Å²) < 4.78 is 46.2. The predicted octanol–water partition coefficient (Wildman–Crippen LogP) is 3.55. The van der Waals surface area contributed by atoms with E-state index in [4.69, 9.17) is 4.74 Å². The van der Waals surface area contributed by atoms with Gasteiger partial charge in [0, 0.05) is 30.6 Å². The lowest BCUT2D eigenvalue weighted by atomic mass is 9.69. The van der Waals surface area contributed by atoms with Crippen LogP contribution in [-0.2, 0) is 16.4 Å². The number of carbonyl (C=O) groups is 1. The number of aromatic nitrogens is 1. The Bertz CT molecular complexity index is 1030. The summed E-state index contributed by atoms with van der Waals surface area (Å²) in [6.45, 7) is 1.65. The number of carbonyl (C=O) groups excluding carboxylic acids is 1. The van der Waals surface area contributed by atoms with E-state index in [0.29, 0.717) is 22.7 Å². The van der Waals surface area contributed by atoms with E-state index in [1.54, 1.807) is 24.3 Å². The number of hydrogen-bond donors (Lipinski definition) is 0. The maximum Gasteiger partial charge on any atom is 0.433 e. The van der Waals surface area contributed by atoms with Crippen LogP contribution in [-0.4, -0.2) is 41.3 Å². The van der Waals surface area contributed by atoms with Gasteiger partial charge in [0.2, 0.25) is 0 Å². The minimum atomic E-state index is -4.60. The van der Waals surface area contributed by atoms with Crippen molar-refractivity contribution in [3.8, 4) is 5.75 Å². The van der Waals surface area contributed by atoms with E-state index in [9.17, 15) is 18.0 Å². The standard InChI is InChI=1S/C21H18F3N3O2/c22-21(23,24)16-8-7-13-17(25-16)20(9-12-29-15-6-2-1-5-14(15)20)19(28)26-18(13)27-10-3-4-11-27/h1-2,5-8H,3-4,9-12H2/t20-/m0/s1. The number of nitrogens with zero attached hydrogens (tertiary/aromatic N) is 3. The highest BCUT2D eigenvalue weighted by molar-refractivity contribution is 6.13. The molecule has 1 amide bonds. The summed E-state index contributed by atoms with van der Waals surface area (Å²) in [7, 11) is 0. The van der Waals surface area contributed by atoms with Gasteiger partial charge in [0.05, 0.1) is 12.3 Å². The van der Waals surface area contributed by atoms with E-state index >= 15 is 0 Å². The van der Waals surface area contributed by atoms with Gasteiger partial charge < -0.3 is 9.64 Å². The van der Waals surface area contributed by atoms with Crippen molar-refractivity contribution < 1.29 is 22.7 Å². The Labute approximate surface area is 165 Å². The smallest absolute Gasteiger partial charge is 0.433 e. The number of benzene rings is 1. The SMILES string of the molecule is O=C1N=C(N2CCCC2)c2ccc(C(F)(F)F)nc2[C@@]12CCOc1ccccc12. The van der Waals surface area contributed by atoms with Gasteiger partial charge in [-0.05, 0) is 31.0 Å². The second-order valence-corrected chi connectivity index (χ2v) is 7.53. The molecule has 1 spiro atoms. The average Bonchev–Trinajstić information content (AvgIpc) is 3.24. The van der Waals surface area contributed by atoms with Crippen molar-refractivity contribution in [1.29, 1.82) is 0 Å². The first-order valence-electron chi connectivity index (χ1n) is 9.61. The molecule has 5 nitrogen and oxygen atoms in total. The number of pyridine rings is 1. The second kappa shape index (κ2) is 6.30. The summed E-state index contributed by atoms with van der Waals surface area (Å²) in [5, 5.41) is 0. The molecular weight excluding hydrogens is 383 g/mol. The molecular formula is C21H18F3N3O2. The summed E-state index contributed by atoms with van der Waals surface area (Å²) in [5.74, 6) is 0.435. The van der Waals surface area contributed by atoms with Gasteiger partial charge in [-0.25, -0.2) is 4.98 Å². The zero-order valence-electron chi connectivity index (χ0n) is 15.5. The van der Waals surface area contributed by atoms with E-state index < -0.39 is 23.2 Å². The first kappa shape index (κ1) is 18.1. The fourth-order valence-electron chi connectivity index (χ4n) is 4.51. The summed E-state index contributed by atoms with van der Waals surface area (Å²) >= 11 is 0. The fourth-order valence-corrected chi connectivity index (χ4v) is 4.51. The van der Waals surface area contributed by atoms with Crippen LogP contribution in [0.15, 0.2) is 41.4 Å². The molecule has 4 heterocycles. The third-order valence-corrected chi connectivity index (χ3v) is 5.89.